The zero-order chi connectivity index (χ0) is 10.3. The van der Waals surface area contributed by atoms with Gasteiger partial charge in [-0.3, -0.25) is 0 Å². The Morgan fingerprint density at radius 3 is 2.64 bits per heavy atom. The Balaban J connectivity index is 2.32. The second kappa shape index (κ2) is 3.04. The van der Waals surface area contributed by atoms with Gasteiger partial charge in [-0.05, 0) is 31.4 Å². The van der Waals surface area contributed by atoms with Gasteiger partial charge in [0.1, 0.15) is 5.82 Å². The van der Waals surface area contributed by atoms with Crippen LogP contribution in [0.4, 0.5) is 4.39 Å². The van der Waals surface area contributed by atoms with Crippen LogP contribution in [-0.2, 0) is 0 Å². The van der Waals surface area contributed by atoms with Gasteiger partial charge in [0.15, 0.2) is 0 Å². The lowest BCUT2D eigenvalue weighted by molar-refractivity contribution is 0.118. The monoisotopic (exact) mass is 195 g/mol. The minimum absolute atomic E-state index is 0.321. The minimum Gasteiger partial charge on any atom is -0.388 e. The summed E-state index contributed by atoms with van der Waals surface area (Å²) in [7, 11) is 0. The summed E-state index contributed by atoms with van der Waals surface area (Å²) in [5.74, 6) is -0.321. The van der Waals surface area contributed by atoms with Crippen molar-refractivity contribution in [3.63, 3.8) is 0 Å². The molecular formula is C11H14FNO. The van der Waals surface area contributed by atoms with Crippen LogP contribution in [0.25, 0.3) is 0 Å². The molecule has 0 spiro atoms. The van der Waals surface area contributed by atoms with E-state index in [2.05, 4.69) is 0 Å². The van der Waals surface area contributed by atoms with Crippen LogP contribution in [-0.4, -0.2) is 10.7 Å². The van der Waals surface area contributed by atoms with E-state index < -0.39 is 11.6 Å². The second-order valence-corrected chi connectivity index (χ2v) is 4.11. The van der Waals surface area contributed by atoms with E-state index in [9.17, 15) is 9.50 Å². The van der Waals surface area contributed by atoms with Crippen molar-refractivity contribution in [2.45, 2.75) is 31.4 Å². The molecule has 0 bridgehead atoms. The van der Waals surface area contributed by atoms with Crippen LogP contribution in [0.1, 0.15) is 30.0 Å². The highest BCUT2D eigenvalue weighted by Crippen LogP contribution is 2.44. The van der Waals surface area contributed by atoms with Crippen LogP contribution < -0.4 is 5.73 Å². The van der Waals surface area contributed by atoms with Crippen molar-refractivity contribution < 1.29 is 9.50 Å². The number of rotatable bonds is 2. The molecule has 1 atom stereocenters. The molecule has 0 radical (unpaired) electrons. The lowest BCUT2D eigenvalue weighted by atomic mass is 9.99. The van der Waals surface area contributed by atoms with Gasteiger partial charge in [-0.2, -0.15) is 0 Å². The third-order valence-corrected chi connectivity index (χ3v) is 2.83. The molecule has 2 rings (SSSR count). The van der Waals surface area contributed by atoms with Gasteiger partial charge >= 0.3 is 0 Å². The fraction of sp³-hybridized carbons (Fsp3) is 0.455. The Kier molecular flexibility index (Phi) is 2.09. The molecule has 0 aromatic heterocycles. The van der Waals surface area contributed by atoms with E-state index in [0.29, 0.717) is 18.4 Å². The maximum absolute atomic E-state index is 13.5. The molecule has 0 saturated heterocycles. The van der Waals surface area contributed by atoms with Crippen molar-refractivity contribution in [2.24, 2.45) is 5.73 Å². The van der Waals surface area contributed by atoms with E-state index >= 15 is 0 Å². The molecule has 2 nitrogen and oxygen atoms in total. The molecule has 1 fully saturated rings. The van der Waals surface area contributed by atoms with E-state index in [0.717, 1.165) is 5.56 Å². The SMILES string of the molecule is Cc1ccc(C(N)C2(O)CC2)c(F)c1. The fourth-order valence-electron chi connectivity index (χ4n) is 1.61. The Labute approximate surface area is 82.5 Å². The van der Waals surface area contributed by atoms with Crippen LogP contribution in [0.15, 0.2) is 18.2 Å². The van der Waals surface area contributed by atoms with Gasteiger partial charge in [0.25, 0.3) is 0 Å². The van der Waals surface area contributed by atoms with Gasteiger partial charge in [-0.1, -0.05) is 12.1 Å². The first-order valence-electron chi connectivity index (χ1n) is 4.77. The average Bonchev–Trinajstić information content (AvgIpc) is 2.84. The van der Waals surface area contributed by atoms with Crippen molar-refractivity contribution >= 4 is 0 Å². The summed E-state index contributed by atoms with van der Waals surface area (Å²) in [6.07, 6.45) is 1.34. The molecule has 3 heteroatoms. The van der Waals surface area contributed by atoms with Crippen molar-refractivity contribution in [1.29, 1.82) is 0 Å². The molecule has 1 unspecified atom stereocenters. The second-order valence-electron chi connectivity index (χ2n) is 4.11. The largest absolute Gasteiger partial charge is 0.388 e. The highest BCUT2D eigenvalue weighted by molar-refractivity contribution is 5.29. The van der Waals surface area contributed by atoms with Gasteiger partial charge in [0.05, 0.1) is 11.6 Å². The Hall–Kier alpha value is -0.930. The molecular weight excluding hydrogens is 181 g/mol. The number of hydrogen-bond acceptors (Lipinski definition) is 2. The van der Waals surface area contributed by atoms with Crippen LogP contribution in [0.3, 0.4) is 0 Å². The highest BCUT2D eigenvalue weighted by Gasteiger charge is 2.47. The number of halogens is 1. The van der Waals surface area contributed by atoms with Gasteiger partial charge in [-0.25, -0.2) is 4.39 Å². The zero-order valence-corrected chi connectivity index (χ0v) is 8.13. The standard InChI is InChI=1S/C11H14FNO/c1-7-2-3-8(9(12)6-7)10(13)11(14)4-5-11/h2-3,6,10,14H,4-5,13H2,1H3. The van der Waals surface area contributed by atoms with E-state index in [1.54, 1.807) is 6.07 Å². The normalized spacial score (nSPS) is 20.6. The van der Waals surface area contributed by atoms with Gasteiger partial charge in [0, 0.05) is 5.56 Å². The molecule has 0 aliphatic heterocycles. The highest BCUT2D eigenvalue weighted by atomic mass is 19.1. The minimum atomic E-state index is -0.865. The number of aryl methyl sites for hydroxylation is 1. The topological polar surface area (TPSA) is 46.2 Å². The molecule has 14 heavy (non-hydrogen) atoms. The molecule has 1 aromatic rings. The third kappa shape index (κ3) is 1.53. The van der Waals surface area contributed by atoms with E-state index in [4.69, 9.17) is 5.73 Å². The Morgan fingerprint density at radius 2 is 2.14 bits per heavy atom. The quantitative estimate of drug-likeness (QED) is 0.753. The zero-order valence-electron chi connectivity index (χ0n) is 8.13. The Bertz CT molecular complexity index is 360. The maximum atomic E-state index is 13.5. The first-order chi connectivity index (χ1) is 6.53. The first kappa shape index (κ1) is 9.62. The molecule has 0 heterocycles. The summed E-state index contributed by atoms with van der Waals surface area (Å²) >= 11 is 0. The van der Waals surface area contributed by atoms with E-state index in [1.807, 2.05) is 13.0 Å². The molecule has 3 N–H and O–H groups in total. The van der Waals surface area contributed by atoms with Gasteiger partial charge < -0.3 is 10.8 Å². The number of hydrogen-bond donors (Lipinski definition) is 2. The van der Waals surface area contributed by atoms with Crippen LogP contribution in [0.2, 0.25) is 0 Å². The third-order valence-electron chi connectivity index (χ3n) is 2.83. The number of benzene rings is 1. The van der Waals surface area contributed by atoms with Crippen LogP contribution in [0, 0.1) is 12.7 Å². The smallest absolute Gasteiger partial charge is 0.128 e. The molecule has 1 saturated carbocycles. The lowest BCUT2D eigenvalue weighted by Gasteiger charge is -2.18. The van der Waals surface area contributed by atoms with Crippen molar-refractivity contribution in [3.05, 3.63) is 35.1 Å². The molecule has 1 aromatic carbocycles. The summed E-state index contributed by atoms with van der Waals surface area (Å²) in [5.41, 5.74) is 6.21. The average molecular weight is 195 g/mol. The van der Waals surface area contributed by atoms with Crippen LogP contribution in [0.5, 0.6) is 0 Å². The predicted molar refractivity (Wildman–Crippen MR) is 52.2 cm³/mol. The summed E-state index contributed by atoms with van der Waals surface area (Å²) in [6.45, 7) is 1.82. The predicted octanol–water partition coefficient (Wildman–Crippen LogP) is 1.66. The van der Waals surface area contributed by atoms with E-state index in [1.165, 1.54) is 6.07 Å². The Morgan fingerprint density at radius 1 is 1.50 bits per heavy atom. The number of nitrogens with two attached hydrogens (primary N) is 1. The molecule has 0 amide bonds. The van der Waals surface area contributed by atoms with Crippen molar-refractivity contribution in [1.82, 2.24) is 0 Å². The number of aliphatic hydroxyl groups is 1. The van der Waals surface area contributed by atoms with E-state index in [-0.39, 0.29) is 5.82 Å². The summed E-state index contributed by atoms with van der Waals surface area (Å²) < 4.78 is 13.5. The molecule has 1 aliphatic carbocycles. The maximum Gasteiger partial charge on any atom is 0.128 e. The fourth-order valence-corrected chi connectivity index (χ4v) is 1.61. The summed E-state index contributed by atoms with van der Waals surface area (Å²) in [6, 6.07) is 4.32. The van der Waals surface area contributed by atoms with Crippen molar-refractivity contribution in [2.75, 3.05) is 0 Å². The molecule has 1 aliphatic rings. The van der Waals surface area contributed by atoms with Crippen LogP contribution >= 0.6 is 0 Å². The van der Waals surface area contributed by atoms with Crippen molar-refractivity contribution in [3.8, 4) is 0 Å². The first-order valence-corrected chi connectivity index (χ1v) is 4.77. The summed E-state index contributed by atoms with van der Waals surface area (Å²) in [4.78, 5) is 0. The summed E-state index contributed by atoms with van der Waals surface area (Å²) in [5, 5.41) is 9.75. The lowest BCUT2D eigenvalue weighted by Crippen LogP contribution is -2.28. The van der Waals surface area contributed by atoms with Gasteiger partial charge in [-0.15, -0.1) is 0 Å². The molecule has 76 valence electrons. The van der Waals surface area contributed by atoms with Gasteiger partial charge in [0.2, 0.25) is 0 Å².